The normalized spacial score (nSPS) is 21.0. The van der Waals surface area contributed by atoms with Crippen LogP contribution < -0.4 is 9.47 Å². The zero-order valence-corrected chi connectivity index (χ0v) is 13.2. The third kappa shape index (κ3) is 3.25. The van der Waals surface area contributed by atoms with Gasteiger partial charge < -0.3 is 19.5 Å². The van der Waals surface area contributed by atoms with E-state index >= 15 is 0 Å². The molecule has 1 unspecified atom stereocenters. The van der Waals surface area contributed by atoms with Gasteiger partial charge in [0.1, 0.15) is 5.72 Å². The van der Waals surface area contributed by atoms with Crippen LogP contribution in [-0.2, 0) is 11.2 Å². The van der Waals surface area contributed by atoms with E-state index < -0.39 is 5.72 Å². The lowest BCUT2D eigenvalue weighted by molar-refractivity contribution is -0.144. The summed E-state index contributed by atoms with van der Waals surface area (Å²) in [5.74, 6) is 1.32. The predicted octanol–water partition coefficient (Wildman–Crippen LogP) is 2.13. The summed E-state index contributed by atoms with van der Waals surface area (Å²) in [7, 11) is 3.18. The number of rotatable bonds is 7. The maximum atomic E-state index is 12.0. The minimum absolute atomic E-state index is 0.00942. The van der Waals surface area contributed by atoms with Crippen molar-refractivity contribution in [3.63, 3.8) is 0 Å². The third-order valence-electron chi connectivity index (χ3n) is 4.09. The highest BCUT2D eigenvalue weighted by molar-refractivity contribution is 5.79. The molecule has 0 aliphatic carbocycles. The molecule has 0 radical (unpaired) electrons. The van der Waals surface area contributed by atoms with Gasteiger partial charge in [-0.05, 0) is 24.1 Å². The average molecular weight is 305 g/mol. The van der Waals surface area contributed by atoms with Gasteiger partial charge in [-0.25, -0.2) is 0 Å². The van der Waals surface area contributed by atoms with Crippen LogP contribution in [0.25, 0.3) is 0 Å². The van der Waals surface area contributed by atoms with E-state index in [-0.39, 0.29) is 5.91 Å². The largest absolute Gasteiger partial charge is 0.493 e. The number of nitrogens with zero attached hydrogens (tertiary/aromatic N) is 1. The molecule has 5 heteroatoms. The lowest BCUT2D eigenvalue weighted by Crippen LogP contribution is -2.46. The number of aliphatic hydroxyl groups is 1. The molecule has 5 nitrogen and oxygen atoms in total. The molecule has 0 bridgehead atoms. The van der Waals surface area contributed by atoms with Crippen LogP contribution in [0.1, 0.15) is 24.8 Å². The van der Waals surface area contributed by atoms with Gasteiger partial charge in [0.2, 0.25) is 5.91 Å². The molecular weight excluding hydrogens is 282 g/mol. The summed E-state index contributed by atoms with van der Waals surface area (Å²) in [4.78, 5) is 13.6. The van der Waals surface area contributed by atoms with Crippen molar-refractivity contribution in [3.05, 3.63) is 36.4 Å². The van der Waals surface area contributed by atoms with E-state index in [0.29, 0.717) is 43.7 Å². The number of amides is 1. The maximum Gasteiger partial charge on any atom is 0.225 e. The molecule has 0 aromatic heterocycles. The van der Waals surface area contributed by atoms with Crippen molar-refractivity contribution in [2.75, 3.05) is 20.8 Å². The van der Waals surface area contributed by atoms with Gasteiger partial charge in [0.05, 0.1) is 14.2 Å². The summed E-state index contributed by atoms with van der Waals surface area (Å²) < 4.78 is 10.5. The SMILES string of the molecule is C=CCC1(O)CCC(=O)N1CCc1ccc(OC)c(OC)c1. The van der Waals surface area contributed by atoms with Crippen molar-refractivity contribution in [3.8, 4) is 11.5 Å². The molecule has 1 N–H and O–H groups in total. The Hall–Kier alpha value is -2.01. The monoisotopic (exact) mass is 305 g/mol. The topological polar surface area (TPSA) is 59.0 Å². The van der Waals surface area contributed by atoms with E-state index in [2.05, 4.69) is 6.58 Å². The average Bonchev–Trinajstić information content (AvgIpc) is 2.80. The van der Waals surface area contributed by atoms with E-state index in [1.165, 1.54) is 0 Å². The van der Waals surface area contributed by atoms with E-state index in [1.807, 2.05) is 18.2 Å². The van der Waals surface area contributed by atoms with Crippen molar-refractivity contribution in [2.45, 2.75) is 31.4 Å². The van der Waals surface area contributed by atoms with Gasteiger partial charge in [0, 0.05) is 25.8 Å². The van der Waals surface area contributed by atoms with E-state index in [4.69, 9.17) is 9.47 Å². The third-order valence-corrected chi connectivity index (χ3v) is 4.09. The van der Waals surface area contributed by atoms with E-state index in [0.717, 1.165) is 5.56 Å². The van der Waals surface area contributed by atoms with Crippen molar-refractivity contribution >= 4 is 5.91 Å². The highest BCUT2D eigenvalue weighted by Gasteiger charge is 2.42. The molecule has 1 aliphatic rings. The Bertz CT molecular complexity index is 558. The van der Waals surface area contributed by atoms with Crippen molar-refractivity contribution in [2.24, 2.45) is 0 Å². The van der Waals surface area contributed by atoms with Gasteiger partial charge >= 0.3 is 0 Å². The van der Waals surface area contributed by atoms with Gasteiger partial charge in [-0.2, -0.15) is 0 Å². The Labute approximate surface area is 131 Å². The summed E-state index contributed by atoms with van der Waals surface area (Å²) in [5.41, 5.74) is -0.0617. The molecule has 1 heterocycles. The Kier molecular flexibility index (Phi) is 5.08. The fraction of sp³-hybridized carbons (Fsp3) is 0.471. The van der Waals surface area contributed by atoms with Crippen molar-refractivity contribution < 1.29 is 19.4 Å². The minimum atomic E-state index is -1.09. The van der Waals surface area contributed by atoms with Crippen LogP contribution in [0.15, 0.2) is 30.9 Å². The molecular formula is C17H23NO4. The summed E-state index contributed by atoms with van der Waals surface area (Å²) >= 11 is 0. The van der Waals surface area contributed by atoms with Gasteiger partial charge in [-0.15, -0.1) is 6.58 Å². The summed E-state index contributed by atoms with van der Waals surface area (Å²) in [6, 6.07) is 5.68. The molecule has 22 heavy (non-hydrogen) atoms. The molecule has 120 valence electrons. The number of carbonyl (C=O) groups excluding carboxylic acids is 1. The smallest absolute Gasteiger partial charge is 0.225 e. The summed E-state index contributed by atoms with van der Waals surface area (Å²) in [6.45, 7) is 4.13. The molecule has 1 amide bonds. The molecule has 1 aromatic carbocycles. The Morgan fingerprint density at radius 2 is 2.09 bits per heavy atom. The summed E-state index contributed by atoms with van der Waals surface area (Å²) in [5, 5.41) is 10.6. The zero-order valence-electron chi connectivity index (χ0n) is 13.2. The fourth-order valence-electron chi connectivity index (χ4n) is 2.86. The fourth-order valence-corrected chi connectivity index (χ4v) is 2.86. The van der Waals surface area contributed by atoms with Crippen LogP contribution in [-0.4, -0.2) is 42.4 Å². The highest BCUT2D eigenvalue weighted by atomic mass is 16.5. The zero-order chi connectivity index (χ0) is 16.2. The first-order valence-electron chi connectivity index (χ1n) is 7.38. The van der Waals surface area contributed by atoms with Gasteiger partial charge in [0.25, 0.3) is 0 Å². The molecule has 1 aromatic rings. The molecule has 0 spiro atoms. The molecule has 1 atom stereocenters. The minimum Gasteiger partial charge on any atom is -0.493 e. The number of ether oxygens (including phenoxy) is 2. The van der Waals surface area contributed by atoms with Crippen LogP contribution in [0.2, 0.25) is 0 Å². The molecule has 1 fully saturated rings. The standard InChI is InChI=1S/C17H23NO4/c1-4-9-17(20)10-7-16(19)18(17)11-8-13-5-6-14(21-2)15(12-13)22-3/h4-6,12,20H,1,7-11H2,2-3H3. The lowest BCUT2D eigenvalue weighted by atomic mass is 10.1. The first kappa shape index (κ1) is 16.4. The van der Waals surface area contributed by atoms with Crippen molar-refractivity contribution in [1.82, 2.24) is 4.90 Å². The quantitative estimate of drug-likeness (QED) is 0.784. The van der Waals surface area contributed by atoms with Gasteiger partial charge in [-0.3, -0.25) is 4.79 Å². The Balaban J connectivity index is 2.08. The highest BCUT2D eigenvalue weighted by Crippen LogP contribution is 2.32. The van der Waals surface area contributed by atoms with Gasteiger partial charge in [-0.1, -0.05) is 12.1 Å². The van der Waals surface area contributed by atoms with Crippen LogP contribution >= 0.6 is 0 Å². The number of methoxy groups -OCH3 is 2. The first-order valence-corrected chi connectivity index (χ1v) is 7.38. The molecule has 1 saturated heterocycles. The number of likely N-dealkylation sites (tertiary alicyclic amines) is 1. The number of hydrogen-bond acceptors (Lipinski definition) is 4. The Morgan fingerprint density at radius 1 is 1.36 bits per heavy atom. The Morgan fingerprint density at radius 3 is 2.73 bits per heavy atom. The first-order chi connectivity index (χ1) is 10.5. The van der Waals surface area contributed by atoms with E-state index in [9.17, 15) is 9.90 Å². The van der Waals surface area contributed by atoms with E-state index in [1.54, 1.807) is 25.2 Å². The number of hydrogen-bond donors (Lipinski definition) is 1. The van der Waals surface area contributed by atoms with Crippen LogP contribution in [0.4, 0.5) is 0 Å². The molecule has 1 aliphatic heterocycles. The molecule has 2 rings (SSSR count). The van der Waals surface area contributed by atoms with Crippen LogP contribution in [0.5, 0.6) is 11.5 Å². The number of benzene rings is 1. The van der Waals surface area contributed by atoms with Crippen LogP contribution in [0, 0.1) is 0 Å². The van der Waals surface area contributed by atoms with Gasteiger partial charge in [0.15, 0.2) is 11.5 Å². The predicted molar refractivity (Wildman–Crippen MR) is 84.0 cm³/mol. The second-order valence-electron chi connectivity index (χ2n) is 5.46. The molecule has 0 saturated carbocycles. The second kappa shape index (κ2) is 6.83. The van der Waals surface area contributed by atoms with Crippen molar-refractivity contribution in [1.29, 1.82) is 0 Å². The number of carbonyl (C=O) groups is 1. The maximum absolute atomic E-state index is 12.0. The second-order valence-corrected chi connectivity index (χ2v) is 5.46. The lowest BCUT2D eigenvalue weighted by Gasteiger charge is -2.33. The summed E-state index contributed by atoms with van der Waals surface area (Å²) in [6.07, 6.45) is 3.54. The van der Waals surface area contributed by atoms with Crippen LogP contribution in [0.3, 0.4) is 0 Å².